The van der Waals surface area contributed by atoms with Crippen LogP contribution in [0.25, 0.3) is 0 Å². The van der Waals surface area contributed by atoms with E-state index in [1.54, 1.807) is 0 Å². The molecule has 0 spiro atoms. The van der Waals surface area contributed by atoms with Gasteiger partial charge < -0.3 is 4.84 Å². The molecule has 5 heteroatoms. The Hall–Kier alpha value is -1.57. The fourth-order valence-electron chi connectivity index (χ4n) is 1.21. The standard InChI is InChI=1S/C9H14N3O2/c1-3-4-5-6-8-9(7-10)12(13-2)14-11-8/h3-6H2,1-2H3/q+1. The average molecular weight is 196 g/mol. The van der Waals surface area contributed by atoms with Crippen LogP contribution in [0.3, 0.4) is 0 Å². The highest BCUT2D eigenvalue weighted by molar-refractivity contribution is 5.18. The van der Waals surface area contributed by atoms with Gasteiger partial charge in [-0.1, -0.05) is 19.8 Å². The van der Waals surface area contributed by atoms with E-state index in [0.717, 1.165) is 30.6 Å². The van der Waals surface area contributed by atoms with Crippen molar-refractivity contribution in [3.05, 3.63) is 11.4 Å². The largest absolute Gasteiger partial charge is 0.344 e. The number of aryl methyl sites for hydroxylation is 1. The lowest BCUT2D eigenvalue weighted by Crippen LogP contribution is -2.41. The molecule has 0 bridgehead atoms. The Labute approximate surface area is 82.8 Å². The highest BCUT2D eigenvalue weighted by atomic mass is 16.8. The quantitative estimate of drug-likeness (QED) is 0.648. The van der Waals surface area contributed by atoms with Crippen molar-refractivity contribution in [2.45, 2.75) is 32.6 Å². The molecule has 0 atom stereocenters. The predicted octanol–water partition coefficient (Wildman–Crippen LogP) is 0.625. The van der Waals surface area contributed by atoms with E-state index in [4.69, 9.17) is 14.7 Å². The summed E-state index contributed by atoms with van der Waals surface area (Å²) in [6.07, 6.45) is 4.05. The molecule has 0 saturated heterocycles. The van der Waals surface area contributed by atoms with Gasteiger partial charge in [-0.15, -0.1) is 0 Å². The molecule has 5 nitrogen and oxygen atoms in total. The fraction of sp³-hybridized carbons (Fsp3) is 0.667. The lowest BCUT2D eigenvalue weighted by Gasteiger charge is -1.89. The van der Waals surface area contributed by atoms with Crippen LogP contribution < -0.4 is 9.74 Å². The fourth-order valence-corrected chi connectivity index (χ4v) is 1.21. The normalized spacial score (nSPS) is 9.79. The second-order valence-electron chi connectivity index (χ2n) is 2.98. The molecule has 1 aromatic rings. The molecule has 1 heterocycles. The molecule has 0 aromatic carbocycles. The molecule has 0 N–H and O–H groups in total. The van der Waals surface area contributed by atoms with Crippen LogP contribution in [-0.4, -0.2) is 12.3 Å². The van der Waals surface area contributed by atoms with E-state index >= 15 is 0 Å². The van der Waals surface area contributed by atoms with Crippen LogP contribution in [0.4, 0.5) is 0 Å². The summed E-state index contributed by atoms with van der Waals surface area (Å²) in [5.41, 5.74) is 1.02. The maximum absolute atomic E-state index is 8.82. The Bertz CT molecular complexity index is 327. The molecular formula is C9H14N3O2+. The van der Waals surface area contributed by atoms with Gasteiger partial charge in [0.25, 0.3) is 5.69 Å². The van der Waals surface area contributed by atoms with Crippen molar-refractivity contribution >= 4 is 0 Å². The van der Waals surface area contributed by atoms with Crippen LogP contribution >= 0.6 is 0 Å². The molecule has 0 radical (unpaired) electrons. The Morgan fingerprint density at radius 1 is 1.57 bits per heavy atom. The van der Waals surface area contributed by atoms with Gasteiger partial charge in [-0.2, -0.15) is 5.26 Å². The Morgan fingerprint density at radius 2 is 2.36 bits per heavy atom. The number of nitriles is 1. The van der Waals surface area contributed by atoms with E-state index in [0.29, 0.717) is 11.4 Å². The summed E-state index contributed by atoms with van der Waals surface area (Å²) in [5, 5.41) is 12.6. The van der Waals surface area contributed by atoms with Crippen LogP contribution in [0.15, 0.2) is 4.63 Å². The van der Waals surface area contributed by atoms with Gasteiger partial charge in [0, 0.05) is 6.42 Å². The second-order valence-corrected chi connectivity index (χ2v) is 2.98. The van der Waals surface area contributed by atoms with Gasteiger partial charge in [-0.25, -0.2) is 0 Å². The summed E-state index contributed by atoms with van der Waals surface area (Å²) in [4.78, 5) is 5.82. The molecule has 1 aromatic heterocycles. The first-order valence-corrected chi connectivity index (χ1v) is 4.69. The lowest BCUT2D eigenvalue weighted by molar-refractivity contribution is -1.02. The average Bonchev–Trinajstić information content (AvgIpc) is 2.60. The SMILES string of the molecule is CCCCCc1no[n+](OC)c1C#N. The van der Waals surface area contributed by atoms with Crippen LogP contribution in [-0.2, 0) is 6.42 Å². The molecule has 0 aliphatic heterocycles. The molecule has 1 rings (SSSR count). The summed E-state index contributed by atoms with van der Waals surface area (Å²) in [7, 11) is 1.43. The molecule has 0 aliphatic rings. The summed E-state index contributed by atoms with van der Waals surface area (Å²) < 4.78 is 4.79. The first-order chi connectivity index (χ1) is 6.83. The number of hydrogen-bond acceptors (Lipinski definition) is 4. The number of aromatic nitrogens is 2. The highest BCUT2D eigenvalue weighted by Crippen LogP contribution is 2.05. The van der Waals surface area contributed by atoms with Gasteiger partial charge in [-0.3, -0.25) is 0 Å². The molecule has 14 heavy (non-hydrogen) atoms. The topological polar surface area (TPSA) is 62.9 Å². The zero-order valence-electron chi connectivity index (χ0n) is 8.49. The van der Waals surface area contributed by atoms with Gasteiger partial charge in [-0.05, 0) is 11.0 Å². The molecule has 0 saturated carbocycles. The Kier molecular flexibility index (Phi) is 3.92. The second kappa shape index (κ2) is 5.22. The Morgan fingerprint density at radius 3 is 2.93 bits per heavy atom. The zero-order chi connectivity index (χ0) is 10.4. The van der Waals surface area contributed by atoms with Crippen molar-refractivity contribution in [3.8, 4) is 6.07 Å². The maximum Gasteiger partial charge on any atom is 0.344 e. The highest BCUT2D eigenvalue weighted by Gasteiger charge is 2.24. The van der Waals surface area contributed by atoms with Crippen LogP contribution in [0.5, 0.6) is 0 Å². The van der Waals surface area contributed by atoms with Crippen LogP contribution in [0, 0.1) is 11.3 Å². The van der Waals surface area contributed by atoms with E-state index in [1.807, 2.05) is 6.07 Å². The van der Waals surface area contributed by atoms with Crippen molar-refractivity contribution in [2.24, 2.45) is 0 Å². The van der Waals surface area contributed by atoms with Crippen molar-refractivity contribution in [2.75, 3.05) is 7.11 Å². The van der Waals surface area contributed by atoms with E-state index < -0.39 is 0 Å². The van der Waals surface area contributed by atoms with E-state index in [-0.39, 0.29) is 0 Å². The van der Waals surface area contributed by atoms with Crippen molar-refractivity contribution in [1.29, 1.82) is 5.26 Å². The minimum Gasteiger partial charge on any atom is -0.305 e. The molecular weight excluding hydrogens is 182 g/mol. The third kappa shape index (κ3) is 2.22. The maximum atomic E-state index is 8.82. The van der Waals surface area contributed by atoms with Crippen molar-refractivity contribution < 1.29 is 14.4 Å². The van der Waals surface area contributed by atoms with E-state index in [1.165, 1.54) is 7.11 Å². The smallest absolute Gasteiger partial charge is 0.305 e. The van der Waals surface area contributed by atoms with Gasteiger partial charge >= 0.3 is 5.69 Å². The third-order valence-electron chi connectivity index (χ3n) is 1.97. The number of nitrogens with zero attached hydrogens (tertiary/aromatic N) is 3. The van der Waals surface area contributed by atoms with Gasteiger partial charge in [0.15, 0.2) is 11.2 Å². The molecule has 0 amide bonds. The minimum absolute atomic E-state index is 0.351. The van der Waals surface area contributed by atoms with E-state index in [9.17, 15) is 0 Å². The predicted molar refractivity (Wildman–Crippen MR) is 47.1 cm³/mol. The summed E-state index contributed by atoms with van der Waals surface area (Å²) in [6, 6.07) is 2.00. The van der Waals surface area contributed by atoms with Gasteiger partial charge in [0.05, 0.1) is 0 Å². The molecule has 0 unspecified atom stereocenters. The molecule has 0 fully saturated rings. The first-order valence-electron chi connectivity index (χ1n) is 4.69. The number of unbranched alkanes of at least 4 members (excludes halogenated alkanes) is 2. The third-order valence-corrected chi connectivity index (χ3v) is 1.97. The Balaban J connectivity index is 2.68. The molecule has 0 aliphatic carbocycles. The summed E-state index contributed by atoms with van der Waals surface area (Å²) >= 11 is 0. The van der Waals surface area contributed by atoms with Crippen molar-refractivity contribution in [1.82, 2.24) is 5.16 Å². The lowest BCUT2D eigenvalue weighted by atomic mass is 10.1. The summed E-state index contributed by atoms with van der Waals surface area (Å²) in [6.45, 7) is 2.13. The first kappa shape index (κ1) is 10.5. The molecule has 76 valence electrons. The number of hydrogen-bond donors (Lipinski definition) is 0. The van der Waals surface area contributed by atoms with E-state index in [2.05, 4.69) is 12.1 Å². The van der Waals surface area contributed by atoms with Crippen LogP contribution in [0.1, 0.15) is 37.6 Å². The zero-order valence-corrected chi connectivity index (χ0v) is 8.49. The van der Waals surface area contributed by atoms with Crippen molar-refractivity contribution in [3.63, 3.8) is 0 Å². The number of rotatable bonds is 5. The monoisotopic (exact) mass is 196 g/mol. The minimum atomic E-state index is 0.351. The van der Waals surface area contributed by atoms with Gasteiger partial charge in [0.2, 0.25) is 0 Å². The van der Waals surface area contributed by atoms with Crippen LogP contribution in [0.2, 0.25) is 0 Å². The summed E-state index contributed by atoms with van der Waals surface area (Å²) in [5.74, 6) is 0. The van der Waals surface area contributed by atoms with Gasteiger partial charge in [0.1, 0.15) is 12.0 Å².